The van der Waals surface area contributed by atoms with Crippen LogP contribution in [0.2, 0.25) is 5.02 Å². The number of carbonyl (C=O) groups is 1. The van der Waals surface area contributed by atoms with Gasteiger partial charge in [-0.2, -0.15) is 5.26 Å². The van der Waals surface area contributed by atoms with Gasteiger partial charge in [-0.05, 0) is 23.8 Å². The summed E-state index contributed by atoms with van der Waals surface area (Å²) in [6, 6.07) is 16.4. The first-order chi connectivity index (χ1) is 10.2. The van der Waals surface area contributed by atoms with Crippen molar-refractivity contribution in [1.29, 1.82) is 5.26 Å². The molecule has 0 spiro atoms. The van der Waals surface area contributed by atoms with Crippen LogP contribution in [0.15, 0.2) is 48.5 Å². The van der Waals surface area contributed by atoms with Crippen molar-refractivity contribution < 1.29 is 4.79 Å². The van der Waals surface area contributed by atoms with Crippen molar-refractivity contribution in [2.45, 2.75) is 6.54 Å². The summed E-state index contributed by atoms with van der Waals surface area (Å²) < 4.78 is 0. The number of para-hydroxylation sites is 1. The first-order valence-electron chi connectivity index (χ1n) is 6.44. The van der Waals surface area contributed by atoms with Gasteiger partial charge >= 0.3 is 0 Å². The SMILES string of the molecule is N#Cc1ccccc1NC(=O)CNCc1ccccc1Cl. The van der Waals surface area contributed by atoms with Crippen molar-refractivity contribution in [3.8, 4) is 6.07 Å². The molecule has 5 heteroatoms. The van der Waals surface area contributed by atoms with Crippen LogP contribution in [-0.2, 0) is 11.3 Å². The lowest BCUT2D eigenvalue weighted by atomic mass is 10.2. The van der Waals surface area contributed by atoms with Gasteiger partial charge in [0.15, 0.2) is 0 Å². The van der Waals surface area contributed by atoms with E-state index in [0.717, 1.165) is 5.56 Å². The van der Waals surface area contributed by atoms with E-state index >= 15 is 0 Å². The summed E-state index contributed by atoms with van der Waals surface area (Å²) in [6.07, 6.45) is 0. The summed E-state index contributed by atoms with van der Waals surface area (Å²) >= 11 is 6.03. The number of anilines is 1. The van der Waals surface area contributed by atoms with E-state index in [1.165, 1.54) is 0 Å². The Morgan fingerprint density at radius 2 is 1.86 bits per heavy atom. The Balaban J connectivity index is 1.86. The van der Waals surface area contributed by atoms with Crippen LogP contribution in [0, 0.1) is 11.3 Å². The van der Waals surface area contributed by atoms with Gasteiger partial charge in [0.25, 0.3) is 0 Å². The third kappa shape index (κ3) is 4.32. The standard InChI is InChI=1S/C16H14ClN3O/c17-14-7-3-1-6-13(14)10-19-11-16(21)20-15-8-4-2-5-12(15)9-18/h1-8,19H,10-11H2,(H,20,21). The molecule has 21 heavy (non-hydrogen) atoms. The molecule has 106 valence electrons. The molecule has 0 saturated carbocycles. The number of benzene rings is 2. The molecule has 0 fully saturated rings. The van der Waals surface area contributed by atoms with Crippen molar-refractivity contribution >= 4 is 23.2 Å². The van der Waals surface area contributed by atoms with E-state index in [2.05, 4.69) is 10.6 Å². The molecule has 0 aliphatic carbocycles. The Hall–Kier alpha value is -2.35. The third-order valence-electron chi connectivity index (χ3n) is 2.88. The largest absolute Gasteiger partial charge is 0.324 e. The highest BCUT2D eigenvalue weighted by Crippen LogP contribution is 2.14. The maximum atomic E-state index is 11.8. The molecule has 1 amide bonds. The van der Waals surface area contributed by atoms with Crippen molar-refractivity contribution in [1.82, 2.24) is 5.32 Å². The number of hydrogen-bond donors (Lipinski definition) is 2. The smallest absolute Gasteiger partial charge is 0.238 e. The summed E-state index contributed by atoms with van der Waals surface area (Å²) in [5, 5.41) is 15.3. The van der Waals surface area contributed by atoms with Crippen LogP contribution in [0.4, 0.5) is 5.69 Å². The minimum atomic E-state index is -0.204. The number of rotatable bonds is 5. The summed E-state index contributed by atoms with van der Waals surface area (Å²) in [4.78, 5) is 11.8. The molecule has 0 bridgehead atoms. The summed E-state index contributed by atoms with van der Waals surface area (Å²) in [6.45, 7) is 0.651. The second kappa shape index (κ2) is 7.44. The zero-order valence-electron chi connectivity index (χ0n) is 11.3. The van der Waals surface area contributed by atoms with Gasteiger partial charge in [-0.3, -0.25) is 4.79 Å². The molecule has 2 N–H and O–H groups in total. The Morgan fingerprint density at radius 3 is 2.62 bits per heavy atom. The molecule has 0 saturated heterocycles. The number of nitriles is 1. The lowest BCUT2D eigenvalue weighted by Crippen LogP contribution is -2.28. The van der Waals surface area contributed by atoms with Crippen LogP contribution < -0.4 is 10.6 Å². The first-order valence-corrected chi connectivity index (χ1v) is 6.81. The zero-order chi connectivity index (χ0) is 15.1. The normalized spacial score (nSPS) is 9.90. The van der Waals surface area contributed by atoms with Gasteiger partial charge < -0.3 is 10.6 Å². The summed E-state index contributed by atoms with van der Waals surface area (Å²) in [7, 11) is 0. The molecule has 2 aromatic rings. The number of carbonyl (C=O) groups excluding carboxylic acids is 1. The van der Waals surface area contributed by atoms with Gasteiger partial charge in [-0.1, -0.05) is 41.9 Å². The average Bonchev–Trinajstić information content (AvgIpc) is 2.50. The quantitative estimate of drug-likeness (QED) is 0.892. The number of halogens is 1. The minimum Gasteiger partial charge on any atom is -0.324 e. The van der Waals surface area contributed by atoms with E-state index in [9.17, 15) is 4.79 Å². The lowest BCUT2D eigenvalue weighted by Gasteiger charge is -2.08. The molecule has 0 atom stereocenters. The van der Waals surface area contributed by atoms with Crippen molar-refractivity contribution in [3.05, 3.63) is 64.7 Å². The molecule has 0 aromatic heterocycles. The monoisotopic (exact) mass is 299 g/mol. The number of hydrogen-bond acceptors (Lipinski definition) is 3. The van der Waals surface area contributed by atoms with Crippen molar-refractivity contribution in [3.63, 3.8) is 0 Å². The van der Waals surface area contributed by atoms with E-state index < -0.39 is 0 Å². The van der Waals surface area contributed by atoms with Crippen LogP contribution >= 0.6 is 11.6 Å². The predicted molar refractivity (Wildman–Crippen MR) is 82.9 cm³/mol. The molecule has 0 heterocycles. The molecular formula is C16H14ClN3O. The van der Waals surface area contributed by atoms with Crippen LogP contribution in [0.3, 0.4) is 0 Å². The molecule has 0 unspecified atom stereocenters. The van der Waals surface area contributed by atoms with Gasteiger partial charge in [0, 0.05) is 11.6 Å². The predicted octanol–water partition coefficient (Wildman–Crippen LogP) is 2.94. The minimum absolute atomic E-state index is 0.144. The lowest BCUT2D eigenvalue weighted by molar-refractivity contribution is -0.115. The summed E-state index contributed by atoms with van der Waals surface area (Å²) in [5.74, 6) is -0.204. The highest BCUT2D eigenvalue weighted by atomic mass is 35.5. The van der Waals surface area contributed by atoms with Gasteiger partial charge in [0.05, 0.1) is 17.8 Å². The topological polar surface area (TPSA) is 64.9 Å². The Bertz CT molecular complexity index is 679. The molecule has 4 nitrogen and oxygen atoms in total. The van der Waals surface area contributed by atoms with Crippen molar-refractivity contribution in [2.24, 2.45) is 0 Å². The van der Waals surface area contributed by atoms with E-state index in [1.807, 2.05) is 30.3 Å². The second-order valence-corrected chi connectivity index (χ2v) is 4.81. The Labute approximate surface area is 128 Å². The number of nitrogens with one attached hydrogen (secondary N) is 2. The fourth-order valence-corrected chi connectivity index (χ4v) is 2.04. The van der Waals surface area contributed by atoms with Crippen LogP contribution in [0.25, 0.3) is 0 Å². The summed E-state index contributed by atoms with van der Waals surface area (Å²) in [5.41, 5.74) is 1.89. The Kier molecular flexibility index (Phi) is 5.33. The molecular weight excluding hydrogens is 286 g/mol. The van der Waals surface area contributed by atoms with E-state index in [0.29, 0.717) is 22.8 Å². The fourth-order valence-electron chi connectivity index (χ4n) is 1.84. The Morgan fingerprint density at radius 1 is 1.14 bits per heavy atom. The maximum absolute atomic E-state index is 11.8. The van der Waals surface area contributed by atoms with Crippen LogP contribution in [-0.4, -0.2) is 12.5 Å². The maximum Gasteiger partial charge on any atom is 0.238 e. The van der Waals surface area contributed by atoms with Gasteiger partial charge in [-0.15, -0.1) is 0 Å². The first kappa shape index (κ1) is 15.0. The zero-order valence-corrected chi connectivity index (χ0v) is 12.0. The van der Waals surface area contributed by atoms with Crippen LogP contribution in [0.1, 0.15) is 11.1 Å². The molecule has 2 rings (SSSR count). The van der Waals surface area contributed by atoms with Gasteiger partial charge in [0.2, 0.25) is 5.91 Å². The van der Waals surface area contributed by atoms with Crippen molar-refractivity contribution in [2.75, 3.05) is 11.9 Å². The van der Waals surface area contributed by atoms with Gasteiger partial charge in [0.1, 0.15) is 6.07 Å². The third-order valence-corrected chi connectivity index (χ3v) is 3.25. The number of amides is 1. The van der Waals surface area contributed by atoms with Crippen LogP contribution in [0.5, 0.6) is 0 Å². The average molecular weight is 300 g/mol. The number of nitrogens with zero attached hydrogens (tertiary/aromatic N) is 1. The van der Waals surface area contributed by atoms with Gasteiger partial charge in [-0.25, -0.2) is 0 Å². The van der Waals surface area contributed by atoms with E-state index in [1.54, 1.807) is 24.3 Å². The molecule has 0 radical (unpaired) electrons. The highest BCUT2D eigenvalue weighted by Gasteiger charge is 2.06. The highest BCUT2D eigenvalue weighted by molar-refractivity contribution is 6.31. The van der Waals surface area contributed by atoms with E-state index in [-0.39, 0.29) is 12.5 Å². The van der Waals surface area contributed by atoms with E-state index in [4.69, 9.17) is 16.9 Å². The molecule has 2 aromatic carbocycles. The fraction of sp³-hybridized carbons (Fsp3) is 0.125. The molecule has 0 aliphatic rings. The second-order valence-electron chi connectivity index (χ2n) is 4.40. The molecule has 0 aliphatic heterocycles.